The van der Waals surface area contributed by atoms with Gasteiger partial charge in [0.2, 0.25) is 0 Å². The fraction of sp³-hybridized carbons (Fsp3) is 0.933. The molecule has 2 aliphatic carbocycles. The smallest absolute Gasteiger partial charge is 0.149 e. The number of rotatable bonds is 4. The minimum absolute atomic E-state index is 0.103. The van der Waals surface area contributed by atoms with E-state index in [2.05, 4.69) is 5.32 Å². The van der Waals surface area contributed by atoms with Crippen LogP contribution < -0.4 is 5.32 Å². The molecule has 1 aliphatic heterocycles. The molecule has 102 valence electrons. The lowest BCUT2D eigenvalue weighted by Crippen LogP contribution is -2.48. The molecule has 3 fully saturated rings. The first-order valence-corrected chi connectivity index (χ1v) is 7.68. The molecule has 18 heavy (non-hydrogen) atoms. The maximum atomic E-state index is 12.3. The monoisotopic (exact) mass is 251 g/mol. The van der Waals surface area contributed by atoms with Gasteiger partial charge in [0.15, 0.2) is 0 Å². The van der Waals surface area contributed by atoms with E-state index in [1.807, 2.05) is 0 Å². The van der Waals surface area contributed by atoms with Crippen LogP contribution in [0.5, 0.6) is 0 Å². The van der Waals surface area contributed by atoms with Crippen molar-refractivity contribution in [3.63, 3.8) is 0 Å². The van der Waals surface area contributed by atoms with E-state index in [0.717, 1.165) is 19.4 Å². The standard InChI is InChI=1S/C15H25NO2/c17-14(11-16-13-4-1-2-5-13)12-6-9-18-15(10-12)7-3-8-15/h12-13,16H,1-11H2. The second-order valence-electron chi connectivity index (χ2n) is 6.40. The van der Waals surface area contributed by atoms with Crippen LogP contribution in [-0.4, -0.2) is 30.6 Å². The molecular weight excluding hydrogens is 226 g/mol. The van der Waals surface area contributed by atoms with E-state index in [0.29, 0.717) is 18.4 Å². The van der Waals surface area contributed by atoms with Gasteiger partial charge in [0.05, 0.1) is 12.1 Å². The van der Waals surface area contributed by atoms with E-state index in [-0.39, 0.29) is 11.5 Å². The van der Waals surface area contributed by atoms with Crippen LogP contribution in [0.1, 0.15) is 57.8 Å². The Labute approximate surface area is 110 Å². The summed E-state index contributed by atoms with van der Waals surface area (Å²) >= 11 is 0. The van der Waals surface area contributed by atoms with Gasteiger partial charge in [-0.05, 0) is 44.9 Å². The maximum absolute atomic E-state index is 12.3. The van der Waals surface area contributed by atoms with Gasteiger partial charge < -0.3 is 10.1 Å². The summed E-state index contributed by atoms with van der Waals surface area (Å²) < 4.78 is 5.89. The van der Waals surface area contributed by atoms with Crippen molar-refractivity contribution >= 4 is 5.78 Å². The molecule has 0 amide bonds. The number of carbonyl (C=O) groups excluding carboxylic acids is 1. The van der Waals surface area contributed by atoms with Gasteiger partial charge in [-0.2, -0.15) is 0 Å². The van der Waals surface area contributed by atoms with Gasteiger partial charge in [-0.3, -0.25) is 4.79 Å². The van der Waals surface area contributed by atoms with Crippen LogP contribution in [0.2, 0.25) is 0 Å². The highest BCUT2D eigenvalue weighted by molar-refractivity contribution is 5.83. The Morgan fingerprint density at radius 3 is 2.61 bits per heavy atom. The summed E-state index contributed by atoms with van der Waals surface area (Å²) in [5.74, 6) is 0.685. The van der Waals surface area contributed by atoms with Crippen LogP contribution in [0, 0.1) is 5.92 Å². The van der Waals surface area contributed by atoms with Gasteiger partial charge in [-0.25, -0.2) is 0 Å². The Morgan fingerprint density at radius 1 is 1.17 bits per heavy atom. The molecule has 3 aliphatic rings. The van der Waals surface area contributed by atoms with Gasteiger partial charge in [-0.1, -0.05) is 12.8 Å². The van der Waals surface area contributed by atoms with E-state index in [9.17, 15) is 4.79 Å². The second-order valence-corrected chi connectivity index (χ2v) is 6.40. The number of Topliss-reactive ketones (excluding diaryl/α,β-unsaturated/α-hetero) is 1. The number of ketones is 1. The van der Waals surface area contributed by atoms with E-state index >= 15 is 0 Å². The van der Waals surface area contributed by atoms with Gasteiger partial charge in [0, 0.05) is 18.6 Å². The van der Waals surface area contributed by atoms with E-state index in [4.69, 9.17) is 4.74 Å². The maximum Gasteiger partial charge on any atom is 0.149 e. The van der Waals surface area contributed by atoms with Crippen LogP contribution in [0.15, 0.2) is 0 Å². The normalized spacial score (nSPS) is 31.4. The first-order chi connectivity index (χ1) is 8.77. The second kappa shape index (κ2) is 5.30. The quantitative estimate of drug-likeness (QED) is 0.834. The van der Waals surface area contributed by atoms with Crippen LogP contribution in [-0.2, 0) is 9.53 Å². The predicted octanol–water partition coefficient (Wildman–Crippen LogP) is 2.44. The third-order valence-electron chi connectivity index (χ3n) is 5.13. The molecule has 2 saturated carbocycles. The molecule has 3 nitrogen and oxygen atoms in total. The van der Waals surface area contributed by atoms with Crippen LogP contribution >= 0.6 is 0 Å². The van der Waals surface area contributed by atoms with Crippen molar-refractivity contribution in [3.05, 3.63) is 0 Å². The van der Waals surface area contributed by atoms with Gasteiger partial charge in [0.1, 0.15) is 5.78 Å². The summed E-state index contributed by atoms with van der Waals surface area (Å²) in [6.07, 6.45) is 10.7. The molecule has 1 atom stereocenters. The first-order valence-electron chi connectivity index (χ1n) is 7.68. The summed E-state index contributed by atoms with van der Waals surface area (Å²) in [6, 6.07) is 0.603. The third-order valence-corrected chi connectivity index (χ3v) is 5.13. The number of nitrogens with one attached hydrogen (secondary N) is 1. The van der Waals surface area contributed by atoms with Gasteiger partial charge in [0.25, 0.3) is 0 Å². The SMILES string of the molecule is O=C(CNC1CCCC1)C1CCOC2(CCC2)C1. The number of hydrogen-bond donors (Lipinski definition) is 1. The Hall–Kier alpha value is -0.410. The summed E-state index contributed by atoms with van der Waals surface area (Å²) in [4.78, 5) is 12.3. The van der Waals surface area contributed by atoms with Crippen molar-refractivity contribution in [2.24, 2.45) is 5.92 Å². The van der Waals surface area contributed by atoms with Crippen LogP contribution in [0.3, 0.4) is 0 Å². The third kappa shape index (κ3) is 2.62. The van der Waals surface area contributed by atoms with Crippen molar-refractivity contribution in [3.8, 4) is 0 Å². The number of carbonyl (C=O) groups is 1. The molecule has 3 rings (SSSR count). The van der Waals surface area contributed by atoms with E-state index in [1.54, 1.807) is 0 Å². The Bertz CT molecular complexity index is 306. The molecule has 0 aromatic rings. The topological polar surface area (TPSA) is 38.3 Å². The summed E-state index contributed by atoms with van der Waals surface area (Å²) in [6.45, 7) is 1.38. The van der Waals surface area contributed by atoms with Crippen LogP contribution in [0.4, 0.5) is 0 Å². The first kappa shape index (κ1) is 12.6. The number of ether oxygens (including phenoxy) is 1. The zero-order valence-electron chi connectivity index (χ0n) is 11.2. The highest BCUT2D eigenvalue weighted by Crippen LogP contribution is 2.44. The van der Waals surface area contributed by atoms with E-state index in [1.165, 1.54) is 44.9 Å². The van der Waals surface area contributed by atoms with Gasteiger partial charge in [-0.15, -0.1) is 0 Å². The average Bonchev–Trinajstić information content (AvgIpc) is 2.87. The highest BCUT2D eigenvalue weighted by atomic mass is 16.5. The molecule has 1 unspecified atom stereocenters. The molecule has 1 N–H and O–H groups in total. The lowest BCUT2D eigenvalue weighted by Gasteiger charge is -2.46. The highest BCUT2D eigenvalue weighted by Gasteiger charge is 2.44. The van der Waals surface area contributed by atoms with Crippen molar-refractivity contribution in [2.45, 2.75) is 69.4 Å². The Morgan fingerprint density at radius 2 is 1.94 bits per heavy atom. The minimum Gasteiger partial charge on any atom is -0.375 e. The molecular formula is C15H25NO2. The Balaban J connectivity index is 1.46. The summed E-state index contributed by atoms with van der Waals surface area (Å²) in [5, 5.41) is 3.45. The molecule has 1 saturated heterocycles. The summed E-state index contributed by atoms with van der Waals surface area (Å²) in [5.41, 5.74) is 0.103. The molecule has 0 radical (unpaired) electrons. The zero-order valence-corrected chi connectivity index (χ0v) is 11.2. The van der Waals surface area contributed by atoms with Crippen LogP contribution in [0.25, 0.3) is 0 Å². The predicted molar refractivity (Wildman–Crippen MR) is 70.5 cm³/mol. The molecule has 3 heteroatoms. The molecule has 1 spiro atoms. The average molecular weight is 251 g/mol. The lowest BCUT2D eigenvalue weighted by atomic mass is 9.71. The van der Waals surface area contributed by atoms with E-state index < -0.39 is 0 Å². The molecule has 0 bridgehead atoms. The zero-order chi connectivity index (χ0) is 12.4. The molecule has 0 aromatic carbocycles. The summed E-state index contributed by atoms with van der Waals surface area (Å²) in [7, 11) is 0. The minimum atomic E-state index is 0.103. The van der Waals surface area contributed by atoms with Crippen molar-refractivity contribution in [1.82, 2.24) is 5.32 Å². The van der Waals surface area contributed by atoms with Gasteiger partial charge >= 0.3 is 0 Å². The lowest BCUT2D eigenvalue weighted by molar-refractivity contribution is -0.155. The largest absolute Gasteiger partial charge is 0.375 e. The van der Waals surface area contributed by atoms with Crippen molar-refractivity contribution in [2.75, 3.05) is 13.2 Å². The van der Waals surface area contributed by atoms with Crippen molar-refractivity contribution < 1.29 is 9.53 Å². The van der Waals surface area contributed by atoms with Crippen molar-refractivity contribution in [1.29, 1.82) is 0 Å². The molecule has 1 heterocycles. The fourth-order valence-electron chi connectivity index (χ4n) is 3.74. The molecule has 0 aromatic heterocycles. The Kier molecular flexibility index (Phi) is 3.71. The number of hydrogen-bond acceptors (Lipinski definition) is 3. The fourth-order valence-corrected chi connectivity index (χ4v) is 3.74.